The molecule has 0 radical (unpaired) electrons. The fourth-order valence-corrected chi connectivity index (χ4v) is 4.42. The summed E-state index contributed by atoms with van der Waals surface area (Å²) in [6, 6.07) is 8.07. The zero-order valence-corrected chi connectivity index (χ0v) is 15.5. The van der Waals surface area contributed by atoms with Crippen LogP contribution in [0.15, 0.2) is 41.0 Å². The SMILES string of the molecule is CCOc1ccc(-c2csc3ncnc(SCCCC(N)=O)c23)cc1. The molecule has 2 heterocycles. The van der Waals surface area contributed by atoms with Gasteiger partial charge in [-0.05, 0) is 31.0 Å². The van der Waals surface area contributed by atoms with Gasteiger partial charge in [-0.25, -0.2) is 9.97 Å². The van der Waals surface area contributed by atoms with Gasteiger partial charge in [0.15, 0.2) is 0 Å². The molecule has 0 fully saturated rings. The maximum absolute atomic E-state index is 10.9. The summed E-state index contributed by atoms with van der Waals surface area (Å²) in [6.07, 6.45) is 2.74. The molecule has 1 amide bonds. The molecule has 0 bridgehead atoms. The van der Waals surface area contributed by atoms with Gasteiger partial charge in [-0.15, -0.1) is 23.1 Å². The van der Waals surface area contributed by atoms with Gasteiger partial charge in [-0.2, -0.15) is 0 Å². The summed E-state index contributed by atoms with van der Waals surface area (Å²) < 4.78 is 5.51. The summed E-state index contributed by atoms with van der Waals surface area (Å²) in [5, 5.41) is 4.13. The number of hydrogen-bond donors (Lipinski definition) is 1. The van der Waals surface area contributed by atoms with Crippen molar-refractivity contribution in [3.05, 3.63) is 36.0 Å². The average molecular weight is 374 g/mol. The van der Waals surface area contributed by atoms with Crippen molar-refractivity contribution in [1.29, 1.82) is 0 Å². The Kier molecular flexibility index (Phi) is 5.88. The number of ether oxygens (including phenoxy) is 1. The molecule has 3 rings (SSSR count). The van der Waals surface area contributed by atoms with Gasteiger partial charge in [0, 0.05) is 23.1 Å². The molecule has 3 aromatic rings. The highest BCUT2D eigenvalue weighted by molar-refractivity contribution is 7.99. The van der Waals surface area contributed by atoms with Crippen LogP contribution in [0.1, 0.15) is 19.8 Å². The highest BCUT2D eigenvalue weighted by Crippen LogP contribution is 2.38. The van der Waals surface area contributed by atoms with Crippen molar-refractivity contribution in [1.82, 2.24) is 9.97 Å². The number of rotatable bonds is 8. The minimum atomic E-state index is -0.265. The Balaban J connectivity index is 1.87. The molecule has 5 nitrogen and oxygen atoms in total. The third-order valence-electron chi connectivity index (χ3n) is 3.62. The lowest BCUT2D eigenvalue weighted by Crippen LogP contribution is -2.09. The van der Waals surface area contributed by atoms with Gasteiger partial charge < -0.3 is 10.5 Å². The van der Waals surface area contributed by atoms with E-state index in [-0.39, 0.29) is 5.91 Å². The Bertz CT molecular complexity index is 862. The van der Waals surface area contributed by atoms with Gasteiger partial charge in [0.1, 0.15) is 21.9 Å². The number of carbonyl (C=O) groups excluding carboxylic acids is 1. The molecular formula is C18H19N3O2S2. The predicted molar refractivity (Wildman–Crippen MR) is 103 cm³/mol. The number of nitrogens with zero attached hydrogens (tertiary/aromatic N) is 2. The Morgan fingerprint density at radius 3 is 2.80 bits per heavy atom. The van der Waals surface area contributed by atoms with Crippen LogP contribution in [0, 0.1) is 0 Å². The van der Waals surface area contributed by atoms with Gasteiger partial charge >= 0.3 is 0 Å². The van der Waals surface area contributed by atoms with Crippen LogP contribution in [0.3, 0.4) is 0 Å². The second-order valence-electron chi connectivity index (χ2n) is 5.38. The smallest absolute Gasteiger partial charge is 0.217 e. The molecule has 0 saturated heterocycles. The first kappa shape index (κ1) is 17.7. The van der Waals surface area contributed by atoms with E-state index in [1.54, 1.807) is 29.4 Å². The van der Waals surface area contributed by atoms with E-state index >= 15 is 0 Å². The lowest BCUT2D eigenvalue weighted by molar-refractivity contribution is -0.118. The van der Waals surface area contributed by atoms with Crippen molar-refractivity contribution < 1.29 is 9.53 Å². The molecule has 2 N–H and O–H groups in total. The first-order chi connectivity index (χ1) is 12.2. The Morgan fingerprint density at radius 2 is 2.08 bits per heavy atom. The summed E-state index contributed by atoms with van der Waals surface area (Å²) in [5.41, 5.74) is 7.44. The number of carbonyl (C=O) groups is 1. The molecule has 130 valence electrons. The van der Waals surface area contributed by atoms with Gasteiger partial charge in [0.05, 0.1) is 12.0 Å². The van der Waals surface area contributed by atoms with Crippen LogP contribution in [-0.4, -0.2) is 28.2 Å². The second-order valence-corrected chi connectivity index (χ2v) is 7.33. The van der Waals surface area contributed by atoms with E-state index < -0.39 is 0 Å². The van der Waals surface area contributed by atoms with Crippen molar-refractivity contribution in [3.8, 4) is 16.9 Å². The number of nitrogens with two attached hydrogens (primary N) is 1. The first-order valence-corrected chi connectivity index (χ1v) is 9.92. The second kappa shape index (κ2) is 8.31. The molecule has 0 aliphatic carbocycles. The quantitative estimate of drug-likeness (QED) is 0.365. The minimum absolute atomic E-state index is 0.265. The fraction of sp³-hybridized carbons (Fsp3) is 0.278. The topological polar surface area (TPSA) is 78.1 Å². The minimum Gasteiger partial charge on any atom is -0.494 e. The van der Waals surface area contributed by atoms with E-state index in [1.165, 1.54) is 0 Å². The zero-order valence-electron chi connectivity index (χ0n) is 13.9. The number of benzene rings is 1. The average Bonchev–Trinajstić information content (AvgIpc) is 3.04. The lowest BCUT2D eigenvalue weighted by Gasteiger charge is -2.07. The summed E-state index contributed by atoms with van der Waals surface area (Å²) >= 11 is 3.25. The van der Waals surface area contributed by atoms with Crippen LogP contribution in [0.5, 0.6) is 5.75 Å². The van der Waals surface area contributed by atoms with Crippen molar-refractivity contribution in [2.75, 3.05) is 12.4 Å². The van der Waals surface area contributed by atoms with Crippen molar-refractivity contribution in [3.63, 3.8) is 0 Å². The van der Waals surface area contributed by atoms with Crippen molar-refractivity contribution >= 4 is 39.2 Å². The van der Waals surface area contributed by atoms with Crippen LogP contribution < -0.4 is 10.5 Å². The molecule has 2 aromatic heterocycles. The lowest BCUT2D eigenvalue weighted by atomic mass is 10.1. The number of amides is 1. The Labute approximate surface area is 154 Å². The number of fused-ring (bicyclic) bond motifs is 1. The summed E-state index contributed by atoms with van der Waals surface area (Å²) in [5.74, 6) is 1.40. The maximum Gasteiger partial charge on any atom is 0.217 e. The zero-order chi connectivity index (χ0) is 17.6. The summed E-state index contributed by atoms with van der Waals surface area (Å²) in [4.78, 5) is 20.7. The van der Waals surface area contributed by atoms with Crippen molar-refractivity contribution in [2.24, 2.45) is 5.73 Å². The number of primary amides is 1. The maximum atomic E-state index is 10.9. The Hall–Kier alpha value is -2.12. The highest BCUT2D eigenvalue weighted by atomic mass is 32.2. The standard InChI is InChI=1S/C18H19N3O2S2/c1-2-23-13-7-5-12(6-8-13)14-10-25-18-16(14)17(20-11-21-18)24-9-3-4-15(19)22/h5-8,10-11H,2-4,9H2,1H3,(H2,19,22). The van der Waals surface area contributed by atoms with Gasteiger partial charge in [0.25, 0.3) is 0 Å². The molecule has 0 atom stereocenters. The van der Waals surface area contributed by atoms with E-state index in [9.17, 15) is 4.79 Å². The molecule has 1 aromatic carbocycles. The highest BCUT2D eigenvalue weighted by Gasteiger charge is 2.13. The molecular weight excluding hydrogens is 354 g/mol. The number of thiophene rings is 1. The van der Waals surface area contributed by atoms with Crippen LogP contribution >= 0.6 is 23.1 Å². The summed E-state index contributed by atoms with van der Waals surface area (Å²) in [7, 11) is 0. The third kappa shape index (κ3) is 4.29. The van der Waals surface area contributed by atoms with Crippen molar-refractivity contribution in [2.45, 2.75) is 24.8 Å². The molecule has 7 heteroatoms. The normalized spacial score (nSPS) is 10.9. The fourth-order valence-electron chi connectivity index (χ4n) is 2.48. The molecule has 0 spiro atoms. The van der Waals surface area contributed by atoms with Gasteiger partial charge in [0.2, 0.25) is 5.91 Å². The van der Waals surface area contributed by atoms with Crippen LogP contribution in [0.2, 0.25) is 0 Å². The number of aromatic nitrogens is 2. The molecule has 25 heavy (non-hydrogen) atoms. The molecule has 0 unspecified atom stereocenters. The molecule has 0 saturated carbocycles. The van der Waals surface area contributed by atoms with Crippen LogP contribution in [-0.2, 0) is 4.79 Å². The number of hydrogen-bond acceptors (Lipinski definition) is 6. The third-order valence-corrected chi connectivity index (χ3v) is 5.58. The largest absolute Gasteiger partial charge is 0.494 e. The molecule has 0 aliphatic rings. The number of thioether (sulfide) groups is 1. The van der Waals surface area contributed by atoms with E-state index in [4.69, 9.17) is 10.5 Å². The summed E-state index contributed by atoms with van der Waals surface area (Å²) in [6.45, 7) is 2.63. The van der Waals surface area contributed by atoms with Gasteiger partial charge in [-0.3, -0.25) is 4.79 Å². The van der Waals surface area contributed by atoms with E-state index in [1.807, 2.05) is 19.1 Å². The van der Waals surface area contributed by atoms with Crippen LogP contribution in [0.4, 0.5) is 0 Å². The predicted octanol–water partition coefficient (Wildman–Crippen LogP) is 4.11. The van der Waals surface area contributed by atoms with Crippen LogP contribution in [0.25, 0.3) is 21.3 Å². The van der Waals surface area contributed by atoms with E-state index in [0.29, 0.717) is 13.0 Å². The Morgan fingerprint density at radius 1 is 1.28 bits per heavy atom. The van der Waals surface area contributed by atoms with Gasteiger partial charge in [-0.1, -0.05) is 12.1 Å². The van der Waals surface area contributed by atoms with E-state index in [2.05, 4.69) is 27.5 Å². The molecule has 0 aliphatic heterocycles. The first-order valence-electron chi connectivity index (χ1n) is 8.05. The monoisotopic (exact) mass is 373 g/mol. The van der Waals surface area contributed by atoms with E-state index in [0.717, 1.165) is 44.3 Å².